The Balaban J connectivity index is 1.90. The van der Waals surface area contributed by atoms with Gasteiger partial charge in [-0.15, -0.1) is 11.3 Å². The molecule has 0 aromatic carbocycles. The van der Waals surface area contributed by atoms with E-state index in [4.69, 9.17) is 9.47 Å². The minimum absolute atomic E-state index is 0.0300. The first kappa shape index (κ1) is 14.5. The number of hydrogen-bond acceptors (Lipinski definition) is 5. The van der Waals surface area contributed by atoms with E-state index in [1.807, 2.05) is 5.38 Å². The van der Waals surface area contributed by atoms with E-state index >= 15 is 0 Å². The van der Waals surface area contributed by atoms with Crippen molar-refractivity contribution < 1.29 is 18.3 Å². The standard InChI is InChI=1S/C14H16F2N2O2S/c1-19-13-9(2-3-10(15)12(13)16)11-8-21-14(17-11)18-4-6-20-7-5-18/h8H,2-7H2,1H3. The van der Waals surface area contributed by atoms with Crippen LogP contribution in [0.1, 0.15) is 18.5 Å². The van der Waals surface area contributed by atoms with E-state index in [9.17, 15) is 8.78 Å². The number of morpholine rings is 1. The Labute approximate surface area is 125 Å². The zero-order valence-corrected chi connectivity index (χ0v) is 12.5. The number of hydrogen-bond donors (Lipinski definition) is 0. The molecule has 0 N–H and O–H groups in total. The van der Waals surface area contributed by atoms with Gasteiger partial charge in [0, 0.05) is 30.5 Å². The van der Waals surface area contributed by atoms with Gasteiger partial charge in [0.2, 0.25) is 0 Å². The van der Waals surface area contributed by atoms with E-state index in [1.54, 1.807) is 0 Å². The lowest BCUT2D eigenvalue weighted by Gasteiger charge is -2.26. The topological polar surface area (TPSA) is 34.6 Å². The molecule has 2 aliphatic rings. The monoisotopic (exact) mass is 314 g/mol. The van der Waals surface area contributed by atoms with Crippen molar-refractivity contribution in [3.8, 4) is 0 Å². The maximum Gasteiger partial charge on any atom is 0.196 e. The average molecular weight is 314 g/mol. The minimum atomic E-state index is -0.903. The quantitative estimate of drug-likeness (QED) is 0.857. The Morgan fingerprint density at radius 1 is 1.29 bits per heavy atom. The fourth-order valence-corrected chi connectivity index (χ4v) is 3.37. The third kappa shape index (κ3) is 2.80. The van der Waals surface area contributed by atoms with Crippen molar-refractivity contribution in [2.45, 2.75) is 12.8 Å². The molecule has 114 valence electrons. The Hall–Kier alpha value is -1.47. The summed E-state index contributed by atoms with van der Waals surface area (Å²) < 4.78 is 37.5. The van der Waals surface area contributed by atoms with E-state index in [0.717, 1.165) is 18.2 Å². The van der Waals surface area contributed by atoms with Gasteiger partial charge in [-0.05, 0) is 6.42 Å². The molecule has 1 aromatic rings. The van der Waals surface area contributed by atoms with Gasteiger partial charge >= 0.3 is 0 Å². The maximum atomic E-state index is 13.8. The molecular weight excluding hydrogens is 298 g/mol. The van der Waals surface area contributed by atoms with Crippen LogP contribution in [0.25, 0.3) is 5.57 Å². The van der Waals surface area contributed by atoms with Crippen LogP contribution in [0.15, 0.2) is 22.8 Å². The van der Waals surface area contributed by atoms with Gasteiger partial charge in [-0.2, -0.15) is 4.39 Å². The Kier molecular flexibility index (Phi) is 4.21. The number of ether oxygens (including phenoxy) is 2. The summed E-state index contributed by atoms with van der Waals surface area (Å²) in [7, 11) is 1.35. The van der Waals surface area contributed by atoms with Crippen molar-refractivity contribution in [1.29, 1.82) is 0 Å². The molecular formula is C14H16F2N2O2S. The largest absolute Gasteiger partial charge is 0.493 e. The summed E-state index contributed by atoms with van der Waals surface area (Å²) in [5.41, 5.74) is 1.30. The second-order valence-corrected chi connectivity index (χ2v) is 5.68. The van der Waals surface area contributed by atoms with E-state index in [1.165, 1.54) is 18.4 Å². The summed E-state index contributed by atoms with van der Waals surface area (Å²) in [4.78, 5) is 6.69. The molecule has 4 nitrogen and oxygen atoms in total. The molecule has 1 saturated heterocycles. The molecule has 1 aliphatic carbocycles. The first-order valence-electron chi connectivity index (χ1n) is 6.81. The molecule has 1 fully saturated rings. The van der Waals surface area contributed by atoms with Gasteiger partial charge in [0.25, 0.3) is 0 Å². The predicted octanol–water partition coefficient (Wildman–Crippen LogP) is 3.28. The van der Waals surface area contributed by atoms with Crippen molar-refractivity contribution in [3.05, 3.63) is 28.5 Å². The summed E-state index contributed by atoms with van der Waals surface area (Å²) in [6, 6.07) is 0. The number of anilines is 1. The molecule has 0 atom stereocenters. The number of rotatable bonds is 3. The molecule has 0 saturated carbocycles. The average Bonchev–Trinajstić information content (AvgIpc) is 3.00. The van der Waals surface area contributed by atoms with Gasteiger partial charge in [-0.3, -0.25) is 0 Å². The Morgan fingerprint density at radius 3 is 2.76 bits per heavy atom. The lowest BCUT2D eigenvalue weighted by Crippen LogP contribution is -2.36. The van der Waals surface area contributed by atoms with E-state index < -0.39 is 11.7 Å². The normalized spacial score (nSPS) is 20.2. The van der Waals surface area contributed by atoms with Crippen LogP contribution < -0.4 is 4.90 Å². The highest BCUT2D eigenvalue weighted by atomic mass is 32.1. The summed E-state index contributed by atoms with van der Waals surface area (Å²) in [6.07, 6.45) is 0.452. The summed E-state index contributed by atoms with van der Waals surface area (Å²) in [5.74, 6) is -1.68. The molecule has 7 heteroatoms. The van der Waals surface area contributed by atoms with Crippen LogP contribution in [0.4, 0.5) is 13.9 Å². The van der Waals surface area contributed by atoms with Crippen molar-refractivity contribution in [1.82, 2.24) is 4.98 Å². The van der Waals surface area contributed by atoms with Gasteiger partial charge < -0.3 is 14.4 Å². The molecule has 0 bridgehead atoms. The third-order valence-electron chi connectivity index (χ3n) is 3.59. The van der Waals surface area contributed by atoms with Crippen LogP contribution in [0.3, 0.4) is 0 Å². The second kappa shape index (κ2) is 6.11. The molecule has 0 radical (unpaired) electrons. The lowest BCUT2D eigenvalue weighted by molar-refractivity contribution is 0.122. The second-order valence-electron chi connectivity index (χ2n) is 4.85. The predicted molar refractivity (Wildman–Crippen MR) is 77.6 cm³/mol. The van der Waals surface area contributed by atoms with Crippen molar-refractivity contribution in [2.75, 3.05) is 38.3 Å². The smallest absolute Gasteiger partial charge is 0.196 e. The first-order valence-corrected chi connectivity index (χ1v) is 7.69. The van der Waals surface area contributed by atoms with Gasteiger partial charge in [0.05, 0.1) is 26.0 Å². The van der Waals surface area contributed by atoms with E-state index in [2.05, 4.69) is 9.88 Å². The highest BCUT2D eigenvalue weighted by molar-refractivity contribution is 7.13. The van der Waals surface area contributed by atoms with Gasteiger partial charge in [0.1, 0.15) is 5.83 Å². The van der Waals surface area contributed by atoms with Crippen molar-refractivity contribution in [3.63, 3.8) is 0 Å². The molecule has 0 unspecified atom stereocenters. The minimum Gasteiger partial charge on any atom is -0.493 e. The maximum absolute atomic E-state index is 13.8. The van der Waals surface area contributed by atoms with Crippen LogP contribution in [-0.4, -0.2) is 38.4 Å². The third-order valence-corrected chi connectivity index (χ3v) is 4.49. The zero-order chi connectivity index (χ0) is 14.8. The van der Waals surface area contributed by atoms with Crippen LogP contribution in [0.2, 0.25) is 0 Å². The zero-order valence-electron chi connectivity index (χ0n) is 11.7. The molecule has 0 spiro atoms. The van der Waals surface area contributed by atoms with Crippen LogP contribution in [-0.2, 0) is 9.47 Å². The number of aromatic nitrogens is 1. The van der Waals surface area contributed by atoms with Gasteiger partial charge in [-0.1, -0.05) is 0 Å². The highest BCUT2D eigenvalue weighted by Gasteiger charge is 2.26. The summed E-state index contributed by atoms with van der Waals surface area (Å²) in [6.45, 7) is 2.96. The van der Waals surface area contributed by atoms with Crippen LogP contribution in [0.5, 0.6) is 0 Å². The molecule has 0 amide bonds. The van der Waals surface area contributed by atoms with Gasteiger partial charge in [0.15, 0.2) is 16.7 Å². The fraction of sp³-hybridized carbons (Fsp3) is 0.500. The van der Waals surface area contributed by atoms with Crippen molar-refractivity contribution >= 4 is 22.0 Å². The Bertz CT molecular complexity index is 592. The lowest BCUT2D eigenvalue weighted by atomic mass is 9.99. The molecule has 2 heterocycles. The fourth-order valence-electron chi connectivity index (χ4n) is 2.47. The number of nitrogens with zero attached hydrogens (tertiary/aromatic N) is 2. The van der Waals surface area contributed by atoms with E-state index in [-0.39, 0.29) is 12.2 Å². The van der Waals surface area contributed by atoms with Crippen molar-refractivity contribution in [2.24, 2.45) is 0 Å². The van der Waals surface area contributed by atoms with Crippen LogP contribution in [0, 0.1) is 0 Å². The number of halogens is 2. The van der Waals surface area contributed by atoms with E-state index in [0.29, 0.717) is 30.9 Å². The number of allylic oxidation sites excluding steroid dienone is 3. The summed E-state index contributed by atoms with van der Waals surface area (Å²) >= 11 is 1.50. The molecule has 1 aliphatic heterocycles. The Morgan fingerprint density at radius 2 is 2.05 bits per heavy atom. The first-order chi connectivity index (χ1) is 10.2. The summed E-state index contributed by atoms with van der Waals surface area (Å²) in [5, 5.41) is 2.75. The highest BCUT2D eigenvalue weighted by Crippen LogP contribution is 2.38. The molecule has 3 rings (SSSR count). The molecule has 1 aromatic heterocycles. The molecule has 21 heavy (non-hydrogen) atoms. The SMILES string of the molecule is COC1=C(c2csc(N3CCOCC3)n2)CCC(F)=C1F. The number of methoxy groups -OCH3 is 1. The van der Waals surface area contributed by atoms with Crippen LogP contribution >= 0.6 is 11.3 Å². The number of thiazole rings is 1. The van der Waals surface area contributed by atoms with Gasteiger partial charge in [-0.25, -0.2) is 9.37 Å².